The van der Waals surface area contributed by atoms with E-state index in [1.54, 1.807) is 6.07 Å². The van der Waals surface area contributed by atoms with Crippen molar-refractivity contribution >= 4 is 38.8 Å². The molecule has 0 unspecified atom stereocenters. The molecule has 0 saturated carbocycles. The maximum absolute atomic E-state index is 10.6. The largest absolute Gasteiger partial charge is 0.290 e. The van der Waals surface area contributed by atoms with Crippen molar-refractivity contribution in [2.75, 3.05) is 0 Å². The number of aromatic nitrogens is 1. The van der Waals surface area contributed by atoms with E-state index in [1.807, 2.05) is 6.92 Å². The number of nitro groups is 1. The highest BCUT2D eigenvalue weighted by Crippen LogP contribution is 2.34. The lowest BCUT2D eigenvalue weighted by molar-refractivity contribution is -0.384. The molecular weight excluding hydrogens is 236 g/mol. The van der Waals surface area contributed by atoms with E-state index in [0.717, 1.165) is 16.1 Å². The molecule has 2 rings (SSSR count). The van der Waals surface area contributed by atoms with Crippen molar-refractivity contribution in [3.63, 3.8) is 0 Å². The third-order valence-electron chi connectivity index (χ3n) is 2.02. The third-order valence-corrected chi connectivity index (χ3v) is 3.56. The van der Waals surface area contributed by atoms with Crippen molar-refractivity contribution in [2.45, 2.75) is 13.3 Å². The lowest BCUT2D eigenvalue weighted by atomic mass is 10.3. The quantitative estimate of drug-likeness (QED) is 0.599. The Kier molecular flexibility index (Phi) is 2.58. The van der Waals surface area contributed by atoms with Gasteiger partial charge in [0.1, 0.15) is 10.5 Å². The van der Waals surface area contributed by atoms with Crippen LogP contribution >= 0.6 is 22.9 Å². The highest BCUT2D eigenvalue weighted by molar-refractivity contribution is 7.18. The highest BCUT2D eigenvalue weighted by atomic mass is 35.5. The van der Waals surface area contributed by atoms with Gasteiger partial charge in [-0.05, 0) is 12.5 Å². The van der Waals surface area contributed by atoms with Crippen LogP contribution in [-0.2, 0) is 6.42 Å². The smallest absolute Gasteiger partial charge is 0.258 e. The Balaban J connectivity index is 2.72. The molecule has 1 heterocycles. The van der Waals surface area contributed by atoms with Gasteiger partial charge in [0.25, 0.3) is 5.69 Å². The van der Waals surface area contributed by atoms with Crippen molar-refractivity contribution in [1.29, 1.82) is 0 Å². The molecular formula is C9H7ClN2O2S. The first kappa shape index (κ1) is 10.3. The Labute approximate surface area is 94.7 Å². The summed E-state index contributed by atoms with van der Waals surface area (Å²) in [6, 6.07) is 3.11. The fourth-order valence-corrected chi connectivity index (χ4v) is 2.54. The van der Waals surface area contributed by atoms with Gasteiger partial charge in [-0.2, -0.15) is 0 Å². The summed E-state index contributed by atoms with van der Waals surface area (Å²) < 4.78 is 0.891. The number of rotatable bonds is 2. The molecule has 15 heavy (non-hydrogen) atoms. The Hall–Kier alpha value is -1.20. The van der Waals surface area contributed by atoms with E-state index in [1.165, 1.54) is 17.4 Å². The second kappa shape index (κ2) is 3.75. The predicted molar refractivity (Wildman–Crippen MR) is 60.7 cm³/mol. The summed E-state index contributed by atoms with van der Waals surface area (Å²) >= 11 is 7.42. The first-order valence-corrected chi connectivity index (χ1v) is 5.55. The molecule has 0 amide bonds. The molecule has 0 radical (unpaired) electrons. The van der Waals surface area contributed by atoms with Gasteiger partial charge in [0, 0.05) is 6.07 Å². The van der Waals surface area contributed by atoms with E-state index in [-0.39, 0.29) is 10.7 Å². The number of halogens is 1. The normalized spacial score (nSPS) is 10.8. The minimum atomic E-state index is -0.493. The molecule has 0 bridgehead atoms. The monoisotopic (exact) mass is 242 g/mol. The topological polar surface area (TPSA) is 56.0 Å². The lowest BCUT2D eigenvalue weighted by Crippen LogP contribution is -1.89. The molecule has 1 aromatic heterocycles. The fraction of sp³-hybridized carbons (Fsp3) is 0.222. The van der Waals surface area contributed by atoms with Crippen LogP contribution in [0.2, 0.25) is 5.02 Å². The number of benzene rings is 1. The summed E-state index contributed by atoms with van der Waals surface area (Å²) in [5.41, 5.74) is 0.449. The van der Waals surface area contributed by atoms with Crippen LogP contribution in [0.3, 0.4) is 0 Å². The van der Waals surface area contributed by atoms with Gasteiger partial charge < -0.3 is 0 Å². The molecule has 1 aromatic carbocycles. The van der Waals surface area contributed by atoms with E-state index < -0.39 is 4.92 Å². The number of hydrogen-bond donors (Lipinski definition) is 0. The van der Waals surface area contributed by atoms with Gasteiger partial charge in [-0.25, -0.2) is 4.98 Å². The van der Waals surface area contributed by atoms with Crippen molar-refractivity contribution in [2.24, 2.45) is 0 Å². The molecule has 6 heteroatoms. The molecule has 0 aliphatic rings. The van der Waals surface area contributed by atoms with Crippen LogP contribution in [0.25, 0.3) is 10.2 Å². The average molecular weight is 243 g/mol. The van der Waals surface area contributed by atoms with E-state index >= 15 is 0 Å². The summed E-state index contributed by atoms with van der Waals surface area (Å²) in [7, 11) is 0. The molecule has 0 fully saturated rings. The summed E-state index contributed by atoms with van der Waals surface area (Å²) in [4.78, 5) is 14.4. The van der Waals surface area contributed by atoms with Crippen LogP contribution in [0.4, 0.5) is 5.69 Å². The van der Waals surface area contributed by atoms with Crippen LogP contribution in [-0.4, -0.2) is 9.91 Å². The Morgan fingerprint density at radius 3 is 2.93 bits per heavy atom. The molecule has 0 spiro atoms. The van der Waals surface area contributed by atoms with Gasteiger partial charge in [-0.3, -0.25) is 10.1 Å². The van der Waals surface area contributed by atoms with Gasteiger partial charge in [-0.1, -0.05) is 18.5 Å². The average Bonchev–Trinajstić information content (AvgIpc) is 2.61. The van der Waals surface area contributed by atoms with Crippen molar-refractivity contribution < 1.29 is 4.92 Å². The van der Waals surface area contributed by atoms with Crippen LogP contribution < -0.4 is 0 Å². The van der Waals surface area contributed by atoms with Gasteiger partial charge in [0.15, 0.2) is 0 Å². The molecule has 2 aromatic rings. The maximum atomic E-state index is 10.6. The van der Waals surface area contributed by atoms with E-state index in [9.17, 15) is 10.1 Å². The van der Waals surface area contributed by atoms with Crippen LogP contribution in [0, 0.1) is 10.1 Å². The minimum absolute atomic E-state index is 0.0860. The van der Waals surface area contributed by atoms with Crippen molar-refractivity contribution in [1.82, 2.24) is 4.98 Å². The molecule has 0 saturated heterocycles. The number of nitro benzene ring substituents is 1. The summed E-state index contributed by atoms with van der Waals surface area (Å²) in [6.07, 6.45) is 0.809. The van der Waals surface area contributed by atoms with Crippen LogP contribution in [0.1, 0.15) is 11.9 Å². The van der Waals surface area contributed by atoms with Crippen molar-refractivity contribution in [3.8, 4) is 0 Å². The molecule has 78 valence electrons. The Bertz CT molecular complexity index is 538. The van der Waals surface area contributed by atoms with Gasteiger partial charge >= 0.3 is 0 Å². The molecule has 0 N–H and O–H groups in total. The number of fused-ring (bicyclic) bond motifs is 1. The minimum Gasteiger partial charge on any atom is -0.258 e. The second-order valence-corrected chi connectivity index (χ2v) is 4.46. The first-order valence-electron chi connectivity index (χ1n) is 4.35. The summed E-state index contributed by atoms with van der Waals surface area (Å²) in [5.74, 6) is 0. The number of aryl methyl sites for hydroxylation is 1. The predicted octanol–water partition coefficient (Wildman–Crippen LogP) is 3.42. The van der Waals surface area contributed by atoms with E-state index in [0.29, 0.717) is 5.52 Å². The maximum Gasteiger partial charge on any atom is 0.290 e. The zero-order valence-corrected chi connectivity index (χ0v) is 9.43. The number of hydrogen-bond acceptors (Lipinski definition) is 4. The van der Waals surface area contributed by atoms with Crippen LogP contribution in [0.5, 0.6) is 0 Å². The Morgan fingerprint density at radius 1 is 1.60 bits per heavy atom. The standard InChI is InChI=1S/C9H7ClN2O2S/c1-2-7-11-9-6(15-7)4-3-5(8(9)10)12(13)14/h3-4H,2H2,1H3. The van der Waals surface area contributed by atoms with Crippen LogP contribution in [0.15, 0.2) is 12.1 Å². The first-order chi connectivity index (χ1) is 7.13. The number of thiazole rings is 1. The number of nitrogens with zero attached hydrogens (tertiary/aromatic N) is 2. The molecule has 4 nitrogen and oxygen atoms in total. The third kappa shape index (κ3) is 1.68. The second-order valence-electron chi connectivity index (χ2n) is 2.96. The Morgan fingerprint density at radius 2 is 2.33 bits per heavy atom. The fourth-order valence-electron chi connectivity index (χ4n) is 1.29. The van der Waals surface area contributed by atoms with E-state index in [2.05, 4.69) is 4.98 Å². The molecule has 0 aliphatic heterocycles. The molecule has 0 atom stereocenters. The van der Waals surface area contributed by atoms with Gasteiger partial charge in [0.05, 0.1) is 14.6 Å². The van der Waals surface area contributed by atoms with Gasteiger partial charge in [-0.15, -0.1) is 11.3 Å². The van der Waals surface area contributed by atoms with Crippen molar-refractivity contribution in [3.05, 3.63) is 32.3 Å². The lowest BCUT2D eigenvalue weighted by Gasteiger charge is -1.94. The zero-order chi connectivity index (χ0) is 11.0. The summed E-state index contributed by atoms with van der Waals surface area (Å²) in [5, 5.41) is 11.7. The van der Waals surface area contributed by atoms with E-state index in [4.69, 9.17) is 11.6 Å². The summed E-state index contributed by atoms with van der Waals surface area (Å²) in [6.45, 7) is 1.99. The van der Waals surface area contributed by atoms with Gasteiger partial charge in [0.2, 0.25) is 0 Å². The highest BCUT2D eigenvalue weighted by Gasteiger charge is 2.17. The zero-order valence-electron chi connectivity index (χ0n) is 7.86. The SMILES string of the molecule is CCc1nc2c(Cl)c([N+](=O)[O-])ccc2s1. The molecule has 0 aliphatic carbocycles.